The number of carbonyl (C=O) groups excluding carboxylic acids is 1. The zero-order valence-corrected chi connectivity index (χ0v) is 14.0. The Balaban J connectivity index is 1.63. The first-order chi connectivity index (χ1) is 11.6. The minimum atomic E-state index is -0.265. The van der Waals surface area contributed by atoms with E-state index in [0.717, 1.165) is 17.0 Å². The van der Waals surface area contributed by atoms with Crippen LogP contribution < -0.4 is 5.32 Å². The summed E-state index contributed by atoms with van der Waals surface area (Å²) in [6, 6.07) is -0.150. The largest absolute Gasteiger partial charge is 0.379 e. The molecule has 0 bridgehead atoms. The molecule has 3 heterocycles. The highest BCUT2D eigenvalue weighted by atomic mass is 16.5. The van der Waals surface area contributed by atoms with E-state index in [1.165, 1.54) is 0 Å². The van der Waals surface area contributed by atoms with Crippen molar-refractivity contribution in [2.45, 2.75) is 45.9 Å². The molecule has 1 amide bonds. The lowest BCUT2D eigenvalue weighted by atomic mass is 10.1. The Morgan fingerprint density at radius 2 is 2.17 bits per heavy atom. The number of aromatic nitrogens is 4. The van der Waals surface area contributed by atoms with Gasteiger partial charge >= 0.3 is 0 Å². The van der Waals surface area contributed by atoms with Gasteiger partial charge in [-0.1, -0.05) is 5.16 Å². The van der Waals surface area contributed by atoms with Gasteiger partial charge in [-0.2, -0.15) is 15.4 Å². The lowest BCUT2D eigenvalue weighted by Crippen LogP contribution is -2.50. The molecule has 3 rings (SSSR count). The smallest absolute Gasteiger partial charge is 0.274 e. The van der Waals surface area contributed by atoms with Crippen molar-refractivity contribution in [3.8, 4) is 0 Å². The number of rotatable bonds is 5. The number of aromatic amines is 1. The summed E-state index contributed by atoms with van der Waals surface area (Å²) in [5.41, 5.74) is 2.60. The molecule has 1 aliphatic heterocycles. The van der Waals surface area contributed by atoms with Crippen molar-refractivity contribution in [1.29, 1.82) is 0 Å². The molecule has 24 heavy (non-hydrogen) atoms. The number of hydrogen-bond donors (Lipinski definition) is 2. The fourth-order valence-corrected chi connectivity index (χ4v) is 2.68. The van der Waals surface area contributed by atoms with E-state index in [1.54, 1.807) is 6.92 Å². The fourth-order valence-electron chi connectivity index (χ4n) is 2.68. The number of ether oxygens (including phenoxy) is 2. The predicted octanol–water partition coefficient (Wildman–Crippen LogP) is 0.822. The highest BCUT2D eigenvalue weighted by Gasteiger charge is 2.30. The maximum atomic E-state index is 12.3. The standard InChI is InChI=1S/C15H21N5O4/c1-8-11(10(3)24-19-8)6-23-13-7-22-5-4-12(13)16-15(21)14-9(2)17-20-18-14/h12-13H,4-7H2,1-3H3,(H,16,21)(H,17,18,20)/t12-,13-/m1/s1. The molecule has 9 heteroatoms. The Morgan fingerprint density at radius 1 is 1.33 bits per heavy atom. The molecule has 2 aromatic rings. The van der Waals surface area contributed by atoms with Gasteiger partial charge in [0.25, 0.3) is 5.91 Å². The van der Waals surface area contributed by atoms with E-state index in [2.05, 4.69) is 25.9 Å². The van der Waals surface area contributed by atoms with Crippen molar-refractivity contribution < 1.29 is 18.8 Å². The second-order valence-corrected chi connectivity index (χ2v) is 5.85. The van der Waals surface area contributed by atoms with E-state index in [0.29, 0.717) is 37.6 Å². The molecular formula is C15H21N5O4. The molecule has 0 unspecified atom stereocenters. The maximum Gasteiger partial charge on any atom is 0.274 e. The van der Waals surface area contributed by atoms with Gasteiger partial charge < -0.3 is 19.3 Å². The number of H-pyrrole nitrogens is 1. The topological polar surface area (TPSA) is 115 Å². The van der Waals surface area contributed by atoms with Crippen LogP contribution in [0.5, 0.6) is 0 Å². The van der Waals surface area contributed by atoms with Gasteiger partial charge in [0, 0.05) is 12.2 Å². The third kappa shape index (κ3) is 3.46. The maximum absolute atomic E-state index is 12.3. The SMILES string of the molecule is Cc1n[nH]nc1C(=O)N[C@@H]1CCOC[C@H]1OCc1c(C)noc1C. The normalized spacial score (nSPS) is 21.0. The summed E-state index contributed by atoms with van der Waals surface area (Å²) in [7, 11) is 0. The summed E-state index contributed by atoms with van der Waals surface area (Å²) in [6.07, 6.45) is 0.429. The lowest BCUT2D eigenvalue weighted by Gasteiger charge is -2.31. The van der Waals surface area contributed by atoms with Crippen molar-refractivity contribution in [3.63, 3.8) is 0 Å². The van der Waals surface area contributed by atoms with Crippen LogP contribution in [0.15, 0.2) is 4.52 Å². The molecule has 2 aromatic heterocycles. The van der Waals surface area contributed by atoms with Crippen LogP contribution in [0.3, 0.4) is 0 Å². The summed E-state index contributed by atoms with van der Waals surface area (Å²) in [5.74, 6) is 0.474. The van der Waals surface area contributed by atoms with Gasteiger partial charge in [0.15, 0.2) is 5.69 Å². The second kappa shape index (κ2) is 7.10. The molecule has 1 fully saturated rings. The number of aryl methyl sites for hydroxylation is 3. The van der Waals surface area contributed by atoms with Crippen LogP contribution in [0.1, 0.15) is 39.6 Å². The minimum Gasteiger partial charge on any atom is -0.379 e. The van der Waals surface area contributed by atoms with Gasteiger partial charge in [-0.25, -0.2) is 0 Å². The zero-order chi connectivity index (χ0) is 17.1. The zero-order valence-electron chi connectivity index (χ0n) is 14.0. The van der Waals surface area contributed by atoms with Gasteiger partial charge in [0.2, 0.25) is 0 Å². The highest BCUT2D eigenvalue weighted by Crippen LogP contribution is 2.18. The van der Waals surface area contributed by atoms with Crippen LogP contribution in [-0.2, 0) is 16.1 Å². The van der Waals surface area contributed by atoms with Crippen molar-refractivity contribution in [2.24, 2.45) is 0 Å². The van der Waals surface area contributed by atoms with E-state index in [4.69, 9.17) is 14.0 Å². The number of amides is 1. The molecule has 1 aliphatic rings. The number of carbonyl (C=O) groups is 1. The first-order valence-corrected chi connectivity index (χ1v) is 7.85. The summed E-state index contributed by atoms with van der Waals surface area (Å²) in [6.45, 7) is 6.82. The van der Waals surface area contributed by atoms with Gasteiger partial charge in [-0.05, 0) is 27.2 Å². The average molecular weight is 335 g/mol. The molecule has 2 N–H and O–H groups in total. The van der Waals surface area contributed by atoms with Crippen molar-refractivity contribution >= 4 is 5.91 Å². The third-order valence-corrected chi connectivity index (χ3v) is 4.18. The van der Waals surface area contributed by atoms with E-state index >= 15 is 0 Å². The van der Waals surface area contributed by atoms with E-state index in [9.17, 15) is 4.79 Å². The fraction of sp³-hybridized carbons (Fsp3) is 0.600. The van der Waals surface area contributed by atoms with E-state index in [-0.39, 0.29) is 18.1 Å². The van der Waals surface area contributed by atoms with E-state index < -0.39 is 0 Å². The number of hydrogen-bond acceptors (Lipinski definition) is 7. The van der Waals surface area contributed by atoms with Crippen LogP contribution >= 0.6 is 0 Å². The molecule has 0 aliphatic carbocycles. The summed E-state index contributed by atoms with van der Waals surface area (Å²) >= 11 is 0. The Labute approximate surface area is 139 Å². The van der Waals surface area contributed by atoms with Gasteiger partial charge in [-0.15, -0.1) is 0 Å². The Hall–Kier alpha value is -2.26. The number of nitrogens with zero attached hydrogens (tertiary/aromatic N) is 3. The van der Waals surface area contributed by atoms with Crippen LogP contribution in [0.25, 0.3) is 0 Å². The summed E-state index contributed by atoms with van der Waals surface area (Å²) in [5, 5.41) is 17.1. The molecule has 0 aromatic carbocycles. The molecule has 0 radical (unpaired) electrons. The molecule has 2 atom stereocenters. The first-order valence-electron chi connectivity index (χ1n) is 7.85. The minimum absolute atomic E-state index is 0.150. The predicted molar refractivity (Wildman–Crippen MR) is 82.4 cm³/mol. The van der Waals surface area contributed by atoms with Gasteiger partial charge in [0.1, 0.15) is 11.9 Å². The van der Waals surface area contributed by atoms with Crippen molar-refractivity contribution in [3.05, 3.63) is 28.4 Å². The molecule has 0 spiro atoms. The number of nitrogens with one attached hydrogen (secondary N) is 2. The molecular weight excluding hydrogens is 314 g/mol. The molecule has 9 nitrogen and oxygen atoms in total. The van der Waals surface area contributed by atoms with Crippen molar-refractivity contribution in [1.82, 2.24) is 25.9 Å². The van der Waals surface area contributed by atoms with Crippen LogP contribution in [0, 0.1) is 20.8 Å². The van der Waals surface area contributed by atoms with Crippen molar-refractivity contribution in [2.75, 3.05) is 13.2 Å². The lowest BCUT2D eigenvalue weighted by molar-refractivity contribution is -0.0739. The third-order valence-electron chi connectivity index (χ3n) is 4.18. The Bertz CT molecular complexity index is 691. The summed E-state index contributed by atoms with van der Waals surface area (Å²) < 4.78 is 16.6. The monoisotopic (exact) mass is 335 g/mol. The molecule has 0 saturated carbocycles. The van der Waals surface area contributed by atoms with Crippen LogP contribution in [0.2, 0.25) is 0 Å². The van der Waals surface area contributed by atoms with Gasteiger partial charge in [-0.3, -0.25) is 4.79 Å². The summed E-state index contributed by atoms with van der Waals surface area (Å²) in [4.78, 5) is 12.3. The quantitative estimate of drug-likeness (QED) is 0.831. The average Bonchev–Trinajstić information content (AvgIpc) is 3.13. The van der Waals surface area contributed by atoms with Gasteiger partial charge in [0.05, 0.1) is 30.6 Å². The molecule has 1 saturated heterocycles. The van der Waals surface area contributed by atoms with Crippen LogP contribution in [0.4, 0.5) is 0 Å². The molecule has 130 valence electrons. The second-order valence-electron chi connectivity index (χ2n) is 5.85. The Morgan fingerprint density at radius 3 is 2.83 bits per heavy atom. The highest BCUT2D eigenvalue weighted by molar-refractivity contribution is 5.93. The van der Waals surface area contributed by atoms with Crippen LogP contribution in [-0.4, -0.2) is 51.8 Å². The first kappa shape index (κ1) is 16.6. The van der Waals surface area contributed by atoms with E-state index in [1.807, 2.05) is 13.8 Å². The Kier molecular flexibility index (Phi) is 4.91.